The van der Waals surface area contributed by atoms with Crippen LogP contribution in [0.25, 0.3) is 0 Å². The van der Waals surface area contributed by atoms with Crippen LogP contribution in [0.2, 0.25) is 0 Å². The van der Waals surface area contributed by atoms with Crippen LogP contribution in [0.1, 0.15) is 47.3 Å². The molecule has 1 aliphatic heterocycles. The number of hydrogen-bond acceptors (Lipinski definition) is 8. The third-order valence-corrected chi connectivity index (χ3v) is 7.22. The monoisotopic (exact) mass is 530 g/mol. The molecule has 0 unspecified atom stereocenters. The Balaban J connectivity index is 1.50. The maximum Gasteiger partial charge on any atom is 0.241 e. The zero-order chi connectivity index (χ0) is 31.5. The summed E-state index contributed by atoms with van der Waals surface area (Å²) in [5, 5.41) is 5.93. The highest BCUT2D eigenvalue weighted by atomic mass is 32.2. The van der Waals surface area contributed by atoms with E-state index in [2.05, 4.69) is 30.2 Å². The van der Waals surface area contributed by atoms with E-state index in [0.717, 1.165) is 25.4 Å². The fraction of sp³-hybridized carbons (Fsp3) is 0.407. The first-order valence-corrected chi connectivity index (χ1v) is 13.5. The van der Waals surface area contributed by atoms with Gasteiger partial charge in [0.05, 0.1) is 4.90 Å². The van der Waals surface area contributed by atoms with Gasteiger partial charge in [0.1, 0.15) is 18.2 Å². The summed E-state index contributed by atoms with van der Waals surface area (Å²) in [7, 11) is -4.24. The van der Waals surface area contributed by atoms with Crippen molar-refractivity contribution in [2.45, 2.75) is 50.8 Å². The zero-order valence-corrected chi connectivity index (χ0v) is 21.7. The lowest BCUT2D eigenvalue weighted by molar-refractivity contribution is 0.238. The number of sulfonamides is 1. The topological polar surface area (TPSA) is 108 Å². The van der Waals surface area contributed by atoms with Gasteiger partial charge in [-0.1, -0.05) is 6.07 Å². The van der Waals surface area contributed by atoms with Crippen molar-refractivity contribution in [1.82, 2.24) is 19.6 Å². The van der Waals surface area contributed by atoms with Crippen molar-refractivity contribution in [3.63, 3.8) is 0 Å². The number of anilines is 4. The normalized spacial score (nSPS) is 17.6. The summed E-state index contributed by atoms with van der Waals surface area (Å²) in [6.45, 7) is 1.08. The fourth-order valence-corrected chi connectivity index (χ4v) is 5.20. The van der Waals surface area contributed by atoms with Crippen molar-refractivity contribution in [2.75, 3.05) is 36.9 Å². The van der Waals surface area contributed by atoms with E-state index in [1.807, 2.05) is 12.1 Å². The van der Waals surface area contributed by atoms with Gasteiger partial charge in [-0.05, 0) is 95.9 Å². The van der Waals surface area contributed by atoms with Gasteiger partial charge in [0.25, 0.3) is 0 Å². The highest BCUT2D eigenvalue weighted by Crippen LogP contribution is 2.24. The average molecular weight is 531 g/mol. The second-order valence-electron chi connectivity index (χ2n) is 9.39. The van der Waals surface area contributed by atoms with E-state index in [1.54, 1.807) is 12.1 Å². The van der Waals surface area contributed by atoms with Crippen molar-refractivity contribution in [3.05, 3.63) is 60.3 Å². The Labute approximate surface area is 228 Å². The molecule has 1 aromatic heterocycles. The van der Waals surface area contributed by atoms with E-state index >= 15 is 0 Å². The minimum Gasteiger partial charge on any atom is -0.492 e. The molecule has 1 fully saturated rings. The molecule has 0 amide bonds. The summed E-state index contributed by atoms with van der Waals surface area (Å²) in [5.41, 5.74) is -1.03. The maximum absolute atomic E-state index is 13.0. The lowest BCUT2D eigenvalue weighted by Gasteiger charge is -2.20. The van der Waals surface area contributed by atoms with Crippen LogP contribution < -0.4 is 20.1 Å². The van der Waals surface area contributed by atoms with Crippen LogP contribution in [-0.4, -0.2) is 55.1 Å². The van der Waals surface area contributed by atoms with Gasteiger partial charge in [-0.2, -0.15) is 4.98 Å². The standard InChI is InChI=1S/C27H36N6O3S/c1-20-19-28-26(30-21-10-12-23(13-11-21)36-17-16-33-14-5-6-15-33)31-25(20)29-22-8-7-9-24(18-22)37(34,35)32-27(2,3)4/h7-13,18-19,32H,5-6,14-17H2,1-4H3,(H2,28,29,30,31)/i1D3,2D3. The van der Waals surface area contributed by atoms with Crippen LogP contribution >= 0.6 is 0 Å². The first-order valence-electron chi connectivity index (χ1n) is 15.0. The molecular formula is C27H36N6O3S. The van der Waals surface area contributed by atoms with Crippen LogP contribution in [-0.2, 0) is 10.0 Å². The van der Waals surface area contributed by atoms with Crippen molar-refractivity contribution in [3.8, 4) is 5.75 Å². The molecule has 0 atom stereocenters. The highest BCUT2D eigenvalue weighted by molar-refractivity contribution is 7.89. The summed E-state index contributed by atoms with van der Waals surface area (Å²) in [5.74, 6) is 0.783. The molecule has 0 aliphatic carbocycles. The molecule has 1 aliphatic rings. The number of ether oxygens (including phenoxy) is 1. The Bertz CT molecular complexity index is 1510. The predicted octanol–water partition coefficient (Wildman–Crippen LogP) is 4.82. The van der Waals surface area contributed by atoms with Crippen LogP contribution in [0, 0.1) is 6.85 Å². The Morgan fingerprint density at radius 1 is 1.08 bits per heavy atom. The first kappa shape index (κ1) is 19.8. The molecule has 1 saturated heterocycles. The summed E-state index contributed by atoms with van der Waals surface area (Å²) < 4.78 is 80.7. The molecule has 2 aromatic carbocycles. The molecule has 0 radical (unpaired) electrons. The largest absolute Gasteiger partial charge is 0.492 e. The van der Waals surface area contributed by atoms with Crippen molar-refractivity contribution in [1.29, 1.82) is 0 Å². The molecule has 0 bridgehead atoms. The first-order chi connectivity index (χ1) is 20.0. The summed E-state index contributed by atoms with van der Waals surface area (Å²) in [4.78, 5) is 10.7. The Kier molecular flexibility index (Phi) is 6.14. The van der Waals surface area contributed by atoms with Gasteiger partial charge in [-0.3, -0.25) is 4.90 Å². The third-order valence-electron chi connectivity index (χ3n) is 5.57. The van der Waals surface area contributed by atoms with Gasteiger partial charge in [-0.25, -0.2) is 18.1 Å². The van der Waals surface area contributed by atoms with Crippen LogP contribution in [0.3, 0.4) is 0 Å². The van der Waals surface area contributed by atoms with Crippen LogP contribution in [0.15, 0.2) is 59.6 Å². The molecule has 4 rings (SSSR count). The molecule has 198 valence electrons. The lowest BCUT2D eigenvalue weighted by Crippen LogP contribution is -2.40. The summed E-state index contributed by atoms with van der Waals surface area (Å²) >= 11 is 0. The molecular weight excluding hydrogens is 488 g/mol. The van der Waals surface area contributed by atoms with Gasteiger partial charge in [0.15, 0.2) is 0 Å². The molecule has 9 nitrogen and oxygen atoms in total. The van der Waals surface area contributed by atoms with Crippen molar-refractivity contribution in [2.24, 2.45) is 0 Å². The maximum atomic E-state index is 13.0. The molecule has 2 heterocycles. The van der Waals surface area contributed by atoms with Crippen molar-refractivity contribution < 1.29 is 21.4 Å². The van der Waals surface area contributed by atoms with Crippen molar-refractivity contribution >= 4 is 33.2 Å². The van der Waals surface area contributed by atoms with Gasteiger partial charge < -0.3 is 15.4 Å². The SMILES string of the molecule is [2H]C([2H])([2H])c1cnc(Nc2ccc(OCCN3CCCC3)cc2)nc1Nc1cccc(S(=O)(=O)NC(C)(C)C([2H])([2H])[2H])c1. The van der Waals surface area contributed by atoms with Gasteiger partial charge >= 0.3 is 0 Å². The van der Waals surface area contributed by atoms with Gasteiger partial charge in [0.2, 0.25) is 16.0 Å². The predicted molar refractivity (Wildman–Crippen MR) is 147 cm³/mol. The quantitative estimate of drug-likeness (QED) is 0.342. The highest BCUT2D eigenvalue weighted by Gasteiger charge is 2.22. The van der Waals surface area contributed by atoms with E-state index in [0.29, 0.717) is 12.3 Å². The number of likely N-dealkylation sites (tertiary alicyclic amines) is 1. The molecule has 3 N–H and O–H groups in total. The number of hydrogen-bond donors (Lipinski definition) is 3. The number of aryl methyl sites for hydroxylation is 1. The van der Waals surface area contributed by atoms with Crippen LogP contribution in [0.5, 0.6) is 5.75 Å². The number of benzene rings is 2. The lowest BCUT2D eigenvalue weighted by atomic mass is 10.1. The molecule has 3 aromatic rings. The number of nitrogens with zero attached hydrogens (tertiary/aromatic N) is 3. The van der Waals surface area contributed by atoms with E-state index < -0.39 is 29.3 Å². The smallest absolute Gasteiger partial charge is 0.241 e. The second-order valence-corrected chi connectivity index (χ2v) is 11.1. The van der Waals surface area contributed by atoms with E-state index in [-0.39, 0.29) is 27.9 Å². The Morgan fingerprint density at radius 3 is 2.59 bits per heavy atom. The molecule has 0 spiro atoms. The van der Waals surface area contributed by atoms with E-state index in [9.17, 15) is 8.42 Å². The molecule has 0 saturated carbocycles. The Hall–Kier alpha value is -3.21. The minimum absolute atomic E-state index is 0.0512. The zero-order valence-electron chi connectivity index (χ0n) is 26.9. The summed E-state index contributed by atoms with van der Waals surface area (Å²) in [6, 6.07) is 12.8. The van der Waals surface area contributed by atoms with E-state index in [1.165, 1.54) is 57.2 Å². The Morgan fingerprint density at radius 2 is 1.86 bits per heavy atom. The number of aromatic nitrogens is 2. The molecule has 37 heavy (non-hydrogen) atoms. The minimum atomic E-state index is -4.24. The molecule has 10 heteroatoms. The van der Waals surface area contributed by atoms with E-state index in [4.69, 9.17) is 13.0 Å². The fourth-order valence-electron chi connectivity index (χ4n) is 3.87. The second kappa shape index (κ2) is 11.5. The van der Waals surface area contributed by atoms with Gasteiger partial charge in [-0.15, -0.1) is 0 Å². The third kappa shape index (κ3) is 7.88. The van der Waals surface area contributed by atoms with Gasteiger partial charge in [0, 0.05) is 43.4 Å². The van der Waals surface area contributed by atoms with Crippen LogP contribution in [0.4, 0.5) is 23.1 Å². The number of nitrogens with one attached hydrogen (secondary N) is 3. The summed E-state index contributed by atoms with van der Waals surface area (Å²) in [6.07, 6.45) is 3.64. The number of rotatable bonds is 10. The average Bonchev–Trinajstić information content (AvgIpc) is 3.42.